The van der Waals surface area contributed by atoms with Crippen molar-refractivity contribution in [3.8, 4) is 0 Å². The predicted molar refractivity (Wildman–Crippen MR) is 71.0 cm³/mol. The number of piperidine rings is 1. The Morgan fingerprint density at radius 1 is 1.56 bits per heavy atom. The van der Waals surface area contributed by atoms with E-state index in [0.29, 0.717) is 18.8 Å². The van der Waals surface area contributed by atoms with Crippen LogP contribution in [0, 0.1) is 0 Å². The molecular weight excluding hydrogens is 252 g/mol. The highest BCUT2D eigenvalue weighted by Crippen LogP contribution is 2.18. The van der Waals surface area contributed by atoms with Gasteiger partial charge in [-0.15, -0.1) is 0 Å². The first-order valence-corrected chi connectivity index (χ1v) is 7.81. The van der Waals surface area contributed by atoms with Gasteiger partial charge in [0, 0.05) is 18.7 Å². The molecule has 1 unspecified atom stereocenters. The minimum Gasteiger partial charge on any atom is -0.315 e. The zero-order chi connectivity index (χ0) is 13.2. The van der Waals surface area contributed by atoms with Crippen LogP contribution < -0.4 is 10.0 Å². The lowest BCUT2D eigenvalue weighted by Gasteiger charge is -2.23. The Labute approximate surface area is 108 Å². The Hall–Kier alpha value is -1.08. The lowest BCUT2D eigenvalue weighted by Crippen LogP contribution is -2.41. The van der Waals surface area contributed by atoms with Crippen molar-refractivity contribution >= 4 is 15.8 Å². The van der Waals surface area contributed by atoms with Crippen molar-refractivity contribution in [2.24, 2.45) is 0 Å². The third-order valence-electron chi connectivity index (χ3n) is 3.10. The summed E-state index contributed by atoms with van der Waals surface area (Å²) in [5.41, 5.74) is 0. The minimum atomic E-state index is -3.34. The molecule has 0 bridgehead atoms. The van der Waals surface area contributed by atoms with Crippen LogP contribution in [0.2, 0.25) is 0 Å². The highest BCUT2D eigenvalue weighted by Gasteiger charge is 2.28. The third kappa shape index (κ3) is 2.84. The molecule has 0 aliphatic carbocycles. The van der Waals surface area contributed by atoms with Crippen LogP contribution in [0.5, 0.6) is 0 Å². The van der Waals surface area contributed by atoms with Crippen molar-refractivity contribution in [2.75, 3.05) is 17.8 Å². The maximum atomic E-state index is 12.2. The molecule has 1 saturated heterocycles. The Bertz CT molecular complexity index is 489. The van der Waals surface area contributed by atoms with Crippen LogP contribution in [0.4, 0.5) is 5.82 Å². The normalized spacial score (nSPS) is 21.2. The van der Waals surface area contributed by atoms with Crippen LogP contribution in [0.25, 0.3) is 0 Å². The van der Waals surface area contributed by atoms with E-state index in [4.69, 9.17) is 0 Å². The maximum absolute atomic E-state index is 12.2. The maximum Gasteiger partial charge on any atom is 0.238 e. The van der Waals surface area contributed by atoms with Gasteiger partial charge in [0.1, 0.15) is 5.82 Å². The summed E-state index contributed by atoms with van der Waals surface area (Å²) in [7, 11) is -3.34. The minimum absolute atomic E-state index is 0.127. The highest BCUT2D eigenvalue weighted by molar-refractivity contribution is 7.93. The first kappa shape index (κ1) is 13.4. The van der Waals surface area contributed by atoms with Gasteiger partial charge in [0.15, 0.2) is 0 Å². The molecule has 1 aromatic rings. The summed E-state index contributed by atoms with van der Waals surface area (Å²) in [6, 6.07) is 1.82. The first-order chi connectivity index (χ1) is 8.50. The topological polar surface area (TPSA) is 76.0 Å². The van der Waals surface area contributed by atoms with E-state index in [-0.39, 0.29) is 11.3 Å². The molecule has 2 heterocycles. The van der Waals surface area contributed by atoms with Crippen LogP contribution in [-0.4, -0.2) is 36.5 Å². The van der Waals surface area contributed by atoms with Gasteiger partial charge in [0.05, 0.1) is 11.4 Å². The van der Waals surface area contributed by atoms with Crippen molar-refractivity contribution < 1.29 is 8.42 Å². The van der Waals surface area contributed by atoms with Crippen LogP contribution in [-0.2, 0) is 10.0 Å². The van der Waals surface area contributed by atoms with Gasteiger partial charge in [-0.1, -0.05) is 0 Å². The van der Waals surface area contributed by atoms with Gasteiger partial charge in [-0.05, 0) is 33.2 Å². The molecule has 102 valence electrons. The standard InChI is InChI=1S/C11H20N4O2S/c1-9(2)15-11(5-7-13-15)14-18(16,17)10-4-3-6-12-8-10/h5,7,9-10,12,14H,3-4,6,8H2,1-2H3. The average molecular weight is 272 g/mol. The lowest BCUT2D eigenvalue weighted by molar-refractivity contribution is 0.498. The molecule has 1 aliphatic rings. The second-order valence-corrected chi connectivity index (χ2v) is 6.83. The molecule has 18 heavy (non-hydrogen) atoms. The Balaban J connectivity index is 2.14. The summed E-state index contributed by atoms with van der Waals surface area (Å²) in [6.07, 6.45) is 3.21. The fraction of sp³-hybridized carbons (Fsp3) is 0.727. The van der Waals surface area contributed by atoms with Crippen LogP contribution in [0.1, 0.15) is 32.7 Å². The van der Waals surface area contributed by atoms with Gasteiger partial charge >= 0.3 is 0 Å². The smallest absolute Gasteiger partial charge is 0.238 e. The van der Waals surface area contributed by atoms with E-state index in [1.165, 1.54) is 0 Å². The molecule has 1 aliphatic heterocycles. The fourth-order valence-corrected chi connectivity index (χ4v) is 3.55. The van der Waals surface area contributed by atoms with E-state index in [1.807, 2.05) is 13.8 Å². The van der Waals surface area contributed by atoms with Gasteiger partial charge in [-0.25, -0.2) is 13.1 Å². The molecule has 0 aromatic carbocycles. The Kier molecular flexibility index (Phi) is 3.91. The van der Waals surface area contributed by atoms with Crippen molar-refractivity contribution in [1.29, 1.82) is 0 Å². The Morgan fingerprint density at radius 3 is 2.94 bits per heavy atom. The highest BCUT2D eigenvalue weighted by atomic mass is 32.2. The molecular formula is C11H20N4O2S. The summed E-state index contributed by atoms with van der Waals surface area (Å²) >= 11 is 0. The molecule has 0 amide bonds. The van der Waals surface area contributed by atoms with Gasteiger partial charge in [0.2, 0.25) is 10.0 Å². The zero-order valence-electron chi connectivity index (χ0n) is 10.8. The van der Waals surface area contributed by atoms with Gasteiger partial charge in [0.25, 0.3) is 0 Å². The number of hydrogen-bond acceptors (Lipinski definition) is 4. The summed E-state index contributed by atoms with van der Waals surface area (Å²) in [5, 5.41) is 6.88. The molecule has 6 nitrogen and oxygen atoms in total. The molecule has 1 atom stereocenters. The van der Waals surface area contributed by atoms with Gasteiger partial charge in [-0.2, -0.15) is 5.10 Å². The molecule has 1 fully saturated rings. The van der Waals surface area contributed by atoms with E-state index >= 15 is 0 Å². The number of aromatic nitrogens is 2. The number of rotatable bonds is 4. The second kappa shape index (κ2) is 5.27. The molecule has 1 aromatic heterocycles. The van der Waals surface area contributed by atoms with E-state index in [1.54, 1.807) is 16.9 Å². The molecule has 2 N–H and O–H groups in total. The number of hydrogen-bond donors (Lipinski definition) is 2. The average Bonchev–Trinajstić information content (AvgIpc) is 2.78. The monoisotopic (exact) mass is 272 g/mol. The quantitative estimate of drug-likeness (QED) is 0.856. The molecule has 0 spiro atoms. The fourth-order valence-electron chi connectivity index (χ4n) is 2.12. The predicted octanol–water partition coefficient (Wildman–Crippen LogP) is 0.958. The summed E-state index contributed by atoms with van der Waals surface area (Å²) in [6.45, 7) is 5.35. The van der Waals surface area contributed by atoms with E-state index in [0.717, 1.165) is 13.0 Å². The summed E-state index contributed by atoms with van der Waals surface area (Å²) in [4.78, 5) is 0. The van der Waals surface area contributed by atoms with Crippen molar-refractivity contribution in [3.63, 3.8) is 0 Å². The van der Waals surface area contributed by atoms with Crippen molar-refractivity contribution in [3.05, 3.63) is 12.3 Å². The Morgan fingerprint density at radius 2 is 2.33 bits per heavy atom. The van der Waals surface area contributed by atoms with E-state index in [9.17, 15) is 8.42 Å². The van der Waals surface area contributed by atoms with Crippen LogP contribution in [0.3, 0.4) is 0 Å². The molecule has 2 rings (SSSR count). The molecule has 0 saturated carbocycles. The van der Waals surface area contributed by atoms with Gasteiger partial charge < -0.3 is 5.32 Å². The largest absolute Gasteiger partial charge is 0.315 e. The summed E-state index contributed by atoms with van der Waals surface area (Å²) < 4.78 is 28.8. The third-order valence-corrected chi connectivity index (χ3v) is 4.87. The van der Waals surface area contributed by atoms with Crippen molar-refractivity contribution in [1.82, 2.24) is 15.1 Å². The summed E-state index contributed by atoms with van der Waals surface area (Å²) in [5.74, 6) is 0.538. The number of anilines is 1. The number of nitrogens with zero attached hydrogens (tertiary/aromatic N) is 2. The SMILES string of the molecule is CC(C)n1nccc1NS(=O)(=O)C1CCCNC1. The van der Waals surface area contributed by atoms with E-state index < -0.39 is 10.0 Å². The second-order valence-electron chi connectivity index (χ2n) is 4.87. The van der Waals surface area contributed by atoms with Gasteiger partial charge in [-0.3, -0.25) is 4.72 Å². The van der Waals surface area contributed by atoms with Crippen molar-refractivity contribution in [2.45, 2.75) is 38.0 Å². The van der Waals surface area contributed by atoms with Crippen LogP contribution in [0.15, 0.2) is 12.3 Å². The van der Waals surface area contributed by atoms with Crippen LogP contribution >= 0.6 is 0 Å². The molecule has 7 heteroatoms. The number of sulfonamides is 1. The van der Waals surface area contributed by atoms with E-state index in [2.05, 4.69) is 15.1 Å². The lowest BCUT2D eigenvalue weighted by atomic mass is 10.2. The molecule has 0 radical (unpaired) electrons. The number of nitrogens with one attached hydrogen (secondary N) is 2. The zero-order valence-corrected chi connectivity index (χ0v) is 11.6. The first-order valence-electron chi connectivity index (χ1n) is 6.26.